The Hall–Kier alpha value is -1.46. The predicted molar refractivity (Wildman–Crippen MR) is 78.0 cm³/mol. The molecule has 2 aliphatic heterocycles. The lowest BCUT2D eigenvalue weighted by atomic mass is 9.73. The quantitative estimate of drug-likeness (QED) is 0.851. The molecule has 0 aliphatic carbocycles. The second kappa shape index (κ2) is 6.12. The number of hydrogen-bond acceptors (Lipinski definition) is 4. The van der Waals surface area contributed by atoms with Crippen molar-refractivity contribution in [3.8, 4) is 0 Å². The van der Waals surface area contributed by atoms with Crippen LogP contribution in [0.3, 0.4) is 0 Å². The van der Waals surface area contributed by atoms with Gasteiger partial charge in [-0.1, -0.05) is 6.07 Å². The van der Waals surface area contributed by atoms with Gasteiger partial charge in [-0.25, -0.2) is 0 Å². The average Bonchev–Trinajstić information content (AvgIpc) is 2.54. The van der Waals surface area contributed by atoms with E-state index in [1.165, 1.54) is 0 Å². The first-order valence-electron chi connectivity index (χ1n) is 7.56. The first-order chi connectivity index (χ1) is 10.2. The second-order valence-electron chi connectivity index (χ2n) is 5.99. The Morgan fingerprint density at radius 3 is 3.24 bits per heavy atom. The van der Waals surface area contributed by atoms with Crippen LogP contribution in [0.4, 0.5) is 0 Å². The number of aromatic nitrogens is 1. The zero-order valence-corrected chi connectivity index (χ0v) is 12.5. The van der Waals surface area contributed by atoms with E-state index >= 15 is 0 Å². The summed E-state index contributed by atoms with van der Waals surface area (Å²) in [4.78, 5) is 18.7. The molecule has 2 saturated heterocycles. The Morgan fingerprint density at radius 1 is 1.57 bits per heavy atom. The molecule has 0 bridgehead atoms. The highest BCUT2D eigenvalue weighted by Crippen LogP contribution is 2.40. The lowest BCUT2D eigenvalue weighted by Gasteiger charge is -2.50. The monoisotopic (exact) mass is 290 g/mol. The van der Waals surface area contributed by atoms with Gasteiger partial charge in [0.2, 0.25) is 0 Å². The van der Waals surface area contributed by atoms with E-state index in [1.807, 2.05) is 17.0 Å². The summed E-state index contributed by atoms with van der Waals surface area (Å²) in [6, 6.07) is 5.45. The van der Waals surface area contributed by atoms with Crippen molar-refractivity contribution in [1.29, 1.82) is 0 Å². The van der Waals surface area contributed by atoms with Gasteiger partial charge in [-0.05, 0) is 31.4 Å². The minimum absolute atomic E-state index is 0.00935. The number of carbonyl (C=O) groups excluding carboxylic acids is 1. The molecule has 3 rings (SSSR count). The van der Waals surface area contributed by atoms with Crippen molar-refractivity contribution < 1.29 is 14.3 Å². The normalized spacial score (nSPS) is 29.0. The molecule has 0 spiro atoms. The summed E-state index contributed by atoms with van der Waals surface area (Å²) in [6.45, 7) is 2.89. The van der Waals surface area contributed by atoms with E-state index in [1.54, 1.807) is 19.4 Å². The number of hydrogen-bond donors (Lipinski definition) is 0. The summed E-state index contributed by atoms with van der Waals surface area (Å²) in [5, 5.41) is 0. The van der Waals surface area contributed by atoms with Crippen LogP contribution in [0.15, 0.2) is 24.4 Å². The van der Waals surface area contributed by atoms with Gasteiger partial charge in [0.15, 0.2) is 0 Å². The molecule has 5 heteroatoms. The van der Waals surface area contributed by atoms with Crippen molar-refractivity contribution >= 4 is 5.91 Å². The predicted octanol–water partition coefficient (Wildman–Crippen LogP) is 1.74. The number of amides is 1. The van der Waals surface area contributed by atoms with E-state index in [0.29, 0.717) is 18.8 Å². The molecule has 3 heterocycles. The number of pyridine rings is 1. The molecule has 2 atom stereocenters. The highest BCUT2D eigenvalue weighted by molar-refractivity contribution is 5.92. The summed E-state index contributed by atoms with van der Waals surface area (Å²) < 4.78 is 11.4. The van der Waals surface area contributed by atoms with Crippen molar-refractivity contribution in [2.45, 2.75) is 25.4 Å². The molecule has 0 radical (unpaired) electrons. The largest absolute Gasteiger partial charge is 0.384 e. The molecule has 0 saturated carbocycles. The van der Waals surface area contributed by atoms with Crippen LogP contribution in [0.5, 0.6) is 0 Å². The molecule has 1 amide bonds. The van der Waals surface area contributed by atoms with E-state index in [-0.39, 0.29) is 17.4 Å². The zero-order chi connectivity index (χ0) is 14.7. The number of rotatable bonds is 3. The molecule has 2 aliphatic rings. The van der Waals surface area contributed by atoms with Crippen LogP contribution in [0.1, 0.15) is 29.8 Å². The van der Waals surface area contributed by atoms with Crippen molar-refractivity contribution in [2.75, 3.05) is 33.4 Å². The van der Waals surface area contributed by atoms with Crippen LogP contribution in [-0.4, -0.2) is 55.3 Å². The van der Waals surface area contributed by atoms with E-state index in [0.717, 1.165) is 32.4 Å². The molecule has 0 aromatic carbocycles. The Kier molecular flexibility index (Phi) is 4.22. The molecule has 114 valence electrons. The van der Waals surface area contributed by atoms with Gasteiger partial charge in [-0.3, -0.25) is 9.78 Å². The molecular weight excluding hydrogens is 268 g/mol. The molecule has 1 aromatic rings. The molecule has 1 aromatic heterocycles. The maximum absolute atomic E-state index is 12.6. The van der Waals surface area contributed by atoms with Crippen LogP contribution in [-0.2, 0) is 9.47 Å². The van der Waals surface area contributed by atoms with E-state index in [2.05, 4.69) is 4.98 Å². The van der Waals surface area contributed by atoms with Crippen LogP contribution < -0.4 is 0 Å². The maximum Gasteiger partial charge on any atom is 0.272 e. The average molecular weight is 290 g/mol. The minimum atomic E-state index is -0.0598. The van der Waals surface area contributed by atoms with Gasteiger partial charge in [0, 0.05) is 38.4 Å². The summed E-state index contributed by atoms with van der Waals surface area (Å²) in [6.07, 6.45) is 4.83. The summed E-state index contributed by atoms with van der Waals surface area (Å²) >= 11 is 0. The third kappa shape index (κ3) is 2.80. The number of carbonyl (C=O) groups is 1. The Morgan fingerprint density at radius 2 is 2.48 bits per heavy atom. The minimum Gasteiger partial charge on any atom is -0.384 e. The van der Waals surface area contributed by atoms with Crippen molar-refractivity contribution in [1.82, 2.24) is 9.88 Å². The highest BCUT2D eigenvalue weighted by atomic mass is 16.5. The molecule has 0 N–H and O–H groups in total. The number of likely N-dealkylation sites (tertiary alicyclic amines) is 1. The molecular formula is C16H22N2O3. The number of nitrogens with zero attached hydrogens (tertiary/aromatic N) is 2. The van der Waals surface area contributed by atoms with E-state index in [4.69, 9.17) is 9.47 Å². The molecule has 21 heavy (non-hydrogen) atoms. The standard InChI is InChI=1S/C16H22N2O3/c1-20-12-16-7-4-10-21-14(16)6-9-18(11-16)15(19)13-5-2-3-8-17-13/h2-3,5,8,14H,4,6-7,9-12H2,1H3. The summed E-state index contributed by atoms with van der Waals surface area (Å²) in [7, 11) is 1.72. The van der Waals surface area contributed by atoms with Gasteiger partial charge in [0.1, 0.15) is 5.69 Å². The summed E-state index contributed by atoms with van der Waals surface area (Å²) in [5.74, 6) is 0.00935. The van der Waals surface area contributed by atoms with Crippen LogP contribution >= 0.6 is 0 Å². The van der Waals surface area contributed by atoms with E-state index in [9.17, 15) is 4.79 Å². The van der Waals surface area contributed by atoms with Crippen molar-refractivity contribution in [3.63, 3.8) is 0 Å². The van der Waals surface area contributed by atoms with Crippen molar-refractivity contribution in [3.05, 3.63) is 30.1 Å². The van der Waals surface area contributed by atoms with Crippen LogP contribution in [0, 0.1) is 5.41 Å². The second-order valence-corrected chi connectivity index (χ2v) is 5.99. The van der Waals surface area contributed by atoms with E-state index < -0.39 is 0 Å². The Labute approximate surface area is 125 Å². The smallest absolute Gasteiger partial charge is 0.272 e. The lowest BCUT2D eigenvalue weighted by Crippen LogP contribution is -2.58. The van der Waals surface area contributed by atoms with Gasteiger partial charge < -0.3 is 14.4 Å². The summed E-state index contributed by atoms with van der Waals surface area (Å²) in [5.41, 5.74) is 0.454. The maximum atomic E-state index is 12.6. The van der Waals surface area contributed by atoms with Crippen LogP contribution in [0.25, 0.3) is 0 Å². The first-order valence-corrected chi connectivity index (χ1v) is 7.56. The van der Waals surface area contributed by atoms with Gasteiger partial charge in [0.05, 0.1) is 12.7 Å². The Balaban J connectivity index is 1.78. The topological polar surface area (TPSA) is 51.7 Å². The van der Waals surface area contributed by atoms with Gasteiger partial charge in [0.25, 0.3) is 5.91 Å². The third-order valence-electron chi connectivity index (χ3n) is 4.59. The Bertz CT molecular complexity index is 490. The third-order valence-corrected chi connectivity index (χ3v) is 4.59. The number of methoxy groups -OCH3 is 1. The zero-order valence-electron chi connectivity index (χ0n) is 12.5. The highest BCUT2D eigenvalue weighted by Gasteiger charge is 2.47. The molecule has 2 fully saturated rings. The fourth-order valence-corrected chi connectivity index (χ4v) is 3.61. The number of piperidine rings is 1. The SMILES string of the molecule is COCC12CCCOC1CCN(C(=O)c1ccccn1)C2. The van der Waals surface area contributed by atoms with Gasteiger partial charge in [-0.15, -0.1) is 0 Å². The fraction of sp³-hybridized carbons (Fsp3) is 0.625. The van der Waals surface area contributed by atoms with Crippen LogP contribution in [0.2, 0.25) is 0 Å². The lowest BCUT2D eigenvalue weighted by molar-refractivity contribution is -0.142. The first kappa shape index (κ1) is 14.5. The van der Waals surface area contributed by atoms with Gasteiger partial charge in [-0.2, -0.15) is 0 Å². The number of fused-ring (bicyclic) bond motifs is 1. The van der Waals surface area contributed by atoms with Crippen molar-refractivity contribution in [2.24, 2.45) is 5.41 Å². The van der Waals surface area contributed by atoms with Gasteiger partial charge >= 0.3 is 0 Å². The molecule has 2 unspecified atom stereocenters. The fourth-order valence-electron chi connectivity index (χ4n) is 3.61. The number of ether oxygens (including phenoxy) is 2. The molecule has 5 nitrogen and oxygen atoms in total.